The smallest absolute Gasteiger partial charge is 0.251 e. The topological polar surface area (TPSA) is 29.1 Å². The van der Waals surface area contributed by atoms with Gasteiger partial charge in [0.15, 0.2) is 0 Å². The third-order valence-electron chi connectivity index (χ3n) is 4.83. The van der Waals surface area contributed by atoms with Gasteiger partial charge in [-0.3, -0.25) is 4.79 Å². The number of hydrogen-bond donors (Lipinski definition) is 1. The fourth-order valence-electron chi connectivity index (χ4n) is 3.55. The van der Waals surface area contributed by atoms with Gasteiger partial charge in [0.05, 0.1) is 6.04 Å². The molecule has 24 heavy (non-hydrogen) atoms. The zero-order chi connectivity index (χ0) is 16.9. The van der Waals surface area contributed by atoms with Crippen LogP contribution in [-0.4, -0.2) is 5.91 Å². The van der Waals surface area contributed by atoms with E-state index in [1.54, 1.807) is 0 Å². The van der Waals surface area contributed by atoms with E-state index in [0.717, 1.165) is 24.8 Å². The maximum atomic E-state index is 12.8. The molecule has 2 aromatic rings. The first-order valence-electron chi connectivity index (χ1n) is 9.11. The lowest BCUT2D eigenvalue weighted by atomic mass is 9.90. The fourth-order valence-corrected chi connectivity index (χ4v) is 3.55. The van der Waals surface area contributed by atoms with Crippen molar-refractivity contribution in [2.24, 2.45) is 5.92 Å². The number of rotatable bonds is 5. The second-order valence-electron chi connectivity index (χ2n) is 7.26. The predicted molar refractivity (Wildman–Crippen MR) is 99.2 cm³/mol. The Morgan fingerprint density at radius 1 is 1.00 bits per heavy atom. The van der Waals surface area contributed by atoms with E-state index in [4.69, 9.17) is 0 Å². The molecule has 0 bridgehead atoms. The molecule has 0 radical (unpaired) electrons. The lowest BCUT2D eigenvalue weighted by molar-refractivity contribution is 0.0932. The van der Waals surface area contributed by atoms with Crippen molar-refractivity contribution in [3.63, 3.8) is 0 Å². The van der Waals surface area contributed by atoms with E-state index >= 15 is 0 Å². The molecule has 0 heterocycles. The van der Waals surface area contributed by atoms with Gasteiger partial charge in [0.1, 0.15) is 0 Å². The summed E-state index contributed by atoms with van der Waals surface area (Å²) in [6.07, 6.45) is 5.70. The van der Waals surface area contributed by atoms with Gasteiger partial charge in [0.2, 0.25) is 0 Å². The Morgan fingerprint density at radius 2 is 1.71 bits per heavy atom. The molecule has 1 aliphatic rings. The van der Waals surface area contributed by atoms with Crippen LogP contribution in [0.4, 0.5) is 0 Å². The highest BCUT2D eigenvalue weighted by molar-refractivity contribution is 5.94. The molecule has 1 atom stereocenters. The maximum Gasteiger partial charge on any atom is 0.251 e. The monoisotopic (exact) mass is 321 g/mol. The minimum Gasteiger partial charge on any atom is -0.345 e. The van der Waals surface area contributed by atoms with E-state index in [0.29, 0.717) is 5.92 Å². The lowest BCUT2D eigenvalue weighted by Gasteiger charge is -2.22. The summed E-state index contributed by atoms with van der Waals surface area (Å²) in [5.74, 6) is 0.567. The maximum absolute atomic E-state index is 12.8. The molecule has 1 amide bonds. The van der Waals surface area contributed by atoms with Crippen molar-refractivity contribution < 1.29 is 4.79 Å². The Bertz CT molecular complexity index is 690. The molecule has 126 valence electrons. The molecule has 1 aliphatic carbocycles. The average Bonchev–Trinajstić information content (AvgIpc) is 2.61. The van der Waals surface area contributed by atoms with Crippen LogP contribution in [0.25, 0.3) is 0 Å². The molecule has 2 nitrogen and oxygen atoms in total. The summed E-state index contributed by atoms with van der Waals surface area (Å²) < 4.78 is 0. The first kappa shape index (κ1) is 16.8. The molecule has 2 heteroatoms. The van der Waals surface area contributed by atoms with E-state index in [9.17, 15) is 4.79 Å². The van der Waals surface area contributed by atoms with Gasteiger partial charge < -0.3 is 5.32 Å². The van der Waals surface area contributed by atoms with Gasteiger partial charge in [0.25, 0.3) is 5.91 Å². The molecule has 0 aliphatic heterocycles. The Morgan fingerprint density at radius 3 is 2.42 bits per heavy atom. The van der Waals surface area contributed by atoms with Crippen molar-refractivity contribution in [1.82, 2.24) is 5.32 Å². The summed E-state index contributed by atoms with van der Waals surface area (Å²) in [5, 5.41) is 3.25. The Labute approximate surface area is 145 Å². The van der Waals surface area contributed by atoms with E-state index < -0.39 is 0 Å². The van der Waals surface area contributed by atoms with E-state index in [2.05, 4.69) is 43.4 Å². The van der Waals surface area contributed by atoms with Gasteiger partial charge in [-0.15, -0.1) is 0 Å². The summed E-state index contributed by atoms with van der Waals surface area (Å²) >= 11 is 0. The largest absolute Gasteiger partial charge is 0.345 e. The van der Waals surface area contributed by atoms with Gasteiger partial charge >= 0.3 is 0 Å². The standard InChI is InChI=1S/C22H27NO/c1-16(2)14-21(18-9-4-3-5-10-18)23-22(24)20-13-12-17-8-6-7-11-19(17)15-20/h3-5,9-10,12-13,15-16,21H,6-8,11,14H2,1-2H3,(H,23,24)/t21-/m1/s1. The number of benzene rings is 2. The minimum absolute atomic E-state index is 0.0397. The SMILES string of the molecule is CC(C)C[C@@H](NC(=O)c1ccc2c(c1)CCCC2)c1ccccc1. The van der Waals surface area contributed by atoms with Crippen LogP contribution in [0.1, 0.15) is 66.2 Å². The zero-order valence-electron chi connectivity index (χ0n) is 14.7. The minimum atomic E-state index is 0.0397. The highest BCUT2D eigenvalue weighted by atomic mass is 16.1. The second-order valence-corrected chi connectivity index (χ2v) is 7.26. The summed E-state index contributed by atoms with van der Waals surface area (Å²) in [6.45, 7) is 4.39. The molecule has 0 aromatic heterocycles. The van der Waals surface area contributed by atoms with E-state index in [1.807, 2.05) is 24.3 Å². The molecular weight excluding hydrogens is 294 g/mol. The first-order chi connectivity index (χ1) is 11.6. The summed E-state index contributed by atoms with van der Waals surface area (Å²) in [4.78, 5) is 12.8. The van der Waals surface area contributed by atoms with Crippen molar-refractivity contribution in [2.45, 2.75) is 52.0 Å². The molecule has 3 rings (SSSR count). The number of carbonyl (C=O) groups is 1. The van der Waals surface area contributed by atoms with Gasteiger partial charge in [0, 0.05) is 5.56 Å². The Hall–Kier alpha value is -2.09. The number of nitrogens with one attached hydrogen (secondary N) is 1. The van der Waals surface area contributed by atoms with Gasteiger partial charge in [-0.1, -0.05) is 50.2 Å². The van der Waals surface area contributed by atoms with Crippen LogP contribution in [0.15, 0.2) is 48.5 Å². The lowest BCUT2D eigenvalue weighted by Crippen LogP contribution is -2.29. The van der Waals surface area contributed by atoms with Crippen LogP contribution in [0, 0.1) is 5.92 Å². The van der Waals surface area contributed by atoms with E-state index in [-0.39, 0.29) is 11.9 Å². The van der Waals surface area contributed by atoms with Gasteiger partial charge in [-0.2, -0.15) is 0 Å². The quantitative estimate of drug-likeness (QED) is 0.817. The highest BCUT2D eigenvalue weighted by Gasteiger charge is 2.18. The normalized spacial score (nSPS) is 15.0. The molecule has 0 saturated carbocycles. The third-order valence-corrected chi connectivity index (χ3v) is 4.83. The number of aryl methyl sites for hydroxylation is 2. The molecule has 0 unspecified atom stereocenters. The number of hydrogen-bond acceptors (Lipinski definition) is 1. The van der Waals surface area contributed by atoms with Crippen LogP contribution in [-0.2, 0) is 12.8 Å². The number of fused-ring (bicyclic) bond motifs is 1. The highest BCUT2D eigenvalue weighted by Crippen LogP contribution is 2.24. The van der Waals surface area contributed by atoms with Gasteiger partial charge in [-0.25, -0.2) is 0 Å². The molecular formula is C22H27NO. The molecule has 0 saturated heterocycles. The first-order valence-corrected chi connectivity index (χ1v) is 9.11. The Balaban J connectivity index is 1.78. The molecule has 0 fully saturated rings. The van der Waals surface area contributed by atoms with Crippen LogP contribution in [0.3, 0.4) is 0 Å². The fraction of sp³-hybridized carbons (Fsp3) is 0.409. The van der Waals surface area contributed by atoms with Crippen LogP contribution in [0.5, 0.6) is 0 Å². The van der Waals surface area contributed by atoms with Crippen molar-refractivity contribution in [3.05, 3.63) is 70.8 Å². The summed E-state index contributed by atoms with van der Waals surface area (Å²) in [5.41, 5.74) is 4.74. The molecule has 2 aromatic carbocycles. The number of carbonyl (C=O) groups excluding carboxylic acids is 1. The molecule has 0 spiro atoms. The average molecular weight is 321 g/mol. The predicted octanol–water partition coefficient (Wildman–Crippen LogP) is 5.08. The number of amides is 1. The van der Waals surface area contributed by atoms with Crippen molar-refractivity contribution in [2.75, 3.05) is 0 Å². The second kappa shape index (κ2) is 7.65. The van der Waals surface area contributed by atoms with Crippen LogP contribution >= 0.6 is 0 Å². The summed E-state index contributed by atoms with van der Waals surface area (Å²) in [6, 6.07) is 16.6. The van der Waals surface area contributed by atoms with E-state index in [1.165, 1.54) is 29.5 Å². The van der Waals surface area contributed by atoms with Crippen LogP contribution < -0.4 is 5.32 Å². The van der Waals surface area contributed by atoms with Gasteiger partial charge in [-0.05, 0) is 66.8 Å². The van der Waals surface area contributed by atoms with Crippen molar-refractivity contribution in [3.8, 4) is 0 Å². The van der Waals surface area contributed by atoms with Crippen LogP contribution in [0.2, 0.25) is 0 Å². The molecule has 1 N–H and O–H groups in total. The zero-order valence-corrected chi connectivity index (χ0v) is 14.7. The third kappa shape index (κ3) is 4.05. The summed E-state index contributed by atoms with van der Waals surface area (Å²) in [7, 11) is 0. The van der Waals surface area contributed by atoms with Crippen molar-refractivity contribution in [1.29, 1.82) is 0 Å². The van der Waals surface area contributed by atoms with Crippen molar-refractivity contribution >= 4 is 5.91 Å². The Kier molecular flexibility index (Phi) is 5.34.